The van der Waals surface area contributed by atoms with Crippen LogP contribution in [-0.2, 0) is 0 Å². The summed E-state index contributed by atoms with van der Waals surface area (Å²) in [6, 6.07) is 1.95. The molecule has 0 fully saturated rings. The van der Waals surface area contributed by atoms with Gasteiger partial charge in [0.15, 0.2) is 5.84 Å². The van der Waals surface area contributed by atoms with Crippen LogP contribution in [0.15, 0.2) is 15.3 Å². The van der Waals surface area contributed by atoms with Crippen LogP contribution in [0.1, 0.15) is 6.92 Å². The molecule has 0 spiro atoms. The highest BCUT2D eigenvalue weighted by molar-refractivity contribution is 5.79. The number of hydrazone groups is 1. The number of nitrogens with zero attached hydrogens (tertiary/aromatic N) is 3. The lowest BCUT2D eigenvalue weighted by molar-refractivity contribution is 1.18. The summed E-state index contributed by atoms with van der Waals surface area (Å²) in [5, 5.41) is 9.75. The Morgan fingerprint density at radius 2 is 2.38 bits per heavy atom. The lowest BCUT2D eigenvalue weighted by Crippen LogP contribution is -1.89. The molecule has 4 heteroatoms. The summed E-state index contributed by atoms with van der Waals surface area (Å²) in [5.41, 5.74) is 0. The summed E-state index contributed by atoms with van der Waals surface area (Å²) in [5.74, 6) is 5.14. The average Bonchev–Trinajstić information content (AvgIpc) is 1.83. The van der Waals surface area contributed by atoms with E-state index in [0.717, 1.165) is 0 Å². The normalized spacial score (nSPS) is 11.8. The molecular weight excluding hydrogens is 104 g/mol. The van der Waals surface area contributed by atoms with Gasteiger partial charge in [0.2, 0.25) is 0 Å². The standard InChI is InChI=1S/C4H6N4/c1-3-6-8-4(2)7-5/h1H,5H2,2H3/b7-4-,8-6?. The van der Waals surface area contributed by atoms with E-state index in [9.17, 15) is 0 Å². The van der Waals surface area contributed by atoms with Gasteiger partial charge in [-0.25, -0.2) is 0 Å². The molecule has 42 valence electrons. The van der Waals surface area contributed by atoms with Gasteiger partial charge < -0.3 is 5.84 Å². The van der Waals surface area contributed by atoms with Crippen molar-refractivity contribution >= 4 is 5.84 Å². The minimum Gasteiger partial charge on any atom is -0.321 e. The van der Waals surface area contributed by atoms with Crippen LogP contribution in [-0.4, -0.2) is 5.84 Å². The molecule has 0 aliphatic carbocycles. The number of nitrogens with two attached hydrogens (primary N) is 1. The van der Waals surface area contributed by atoms with Crippen LogP contribution in [0.2, 0.25) is 0 Å². The number of terminal acetylenes is 1. The Hall–Kier alpha value is -1.37. The molecule has 0 unspecified atom stereocenters. The summed E-state index contributed by atoms with van der Waals surface area (Å²) in [6.07, 6.45) is 4.73. The molecule has 0 amide bonds. The smallest absolute Gasteiger partial charge is 0.168 e. The molecule has 0 saturated heterocycles. The van der Waals surface area contributed by atoms with Crippen molar-refractivity contribution in [1.82, 2.24) is 0 Å². The first-order chi connectivity index (χ1) is 3.81. The molecule has 4 nitrogen and oxygen atoms in total. The summed E-state index contributed by atoms with van der Waals surface area (Å²) in [6.45, 7) is 1.60. The number of amidine groups is 1. The third-order valence-electron chi connectivity index (χ3n) is 0.439. The SMILES string of the molecule is C#CN=N/C(C)=N\N. The van der Waals surface area contributed by atoms with Gasteiger partial charge in [0.25, 0.3) is 0 Å². The number of hydrogen-bond donors (Lipinski definition) is 1. The highest BCUT2D eigenvalue weighted by Gasteiger charge is 1.76. The van der Waals surface area contributed by atoms with Crippen molar-refractivity contribution in [2.24, 2.45) is 21.2 Å². The molecule has 0 atom stereocenters. The number of azo groups is 1. The van der Waals surface area contributed by atoms with Crippen LogP contribution < -0.4 is 5.84 Å². The summed E-state index contributed by atoms with van der Waals surface area (Å²) < 4.78 is 0. The lowest BCUT2D eigenvalue weighted by Gasteiger charge is -1.78. The zero-order valence-electron chi connectivity index (χ0n) is 4.50. The fourth-order valence-corrected chi connectivity index (χ4v) is 0.127. The predicted octanol–water partition coefficient (Wildman–Crippen LogP) is 0.321. The van der Waals surface area contributed by atoms with E-state index in [1.54, 1.807) is 6.92 Å². The Balaban J connectivity index is 3.75. The second kappa shape index (κ2) is 3.81. The Kier molecular flexibility index (Phi) is 3.16. The molecule has 0 aromatic carbocycles. The van der Waals surface area contributed by atoms with Crippen molar-refractivity contribution in [3.8, 4) is 12.5 Å². The van der Waals surface area contributed by atoms with Crippen LogP contribution in [0.4, 0.5) is 0 Å². The average molecular weight is 110 g/mol. The Morgan fingerprint density at radius 3 is 2.75 bits per heavy atom. The van der Waals surface area contributed by atoms with Crippen molar-refractivity contribution in [1.29, 1.82) is 0 Å². The molecule has 0 heterocycles. The zero-order valence-corrected chi connectivity index (χ0v) is 4.50. The molecule has 8 heavy (non-hydrogen) atoms. The Labute approximate surface area is 47.5 Å². The fourth-order valence-electron chi connectivity index (χ4n) is 0.127. The topological polar surface area (TPSA) is 63.1 Å². The first kappa shape index (κ1) is 6.63. The molecular formula is C4H6N4. The second-order valence-electron chi connectivity index (χ2n) is 1.01. The minimum absolute atomic E-state index is 0.364. The third kappa shape index (κ3) is 2.85. The van der Waals surface area contributed by atoms with Crippen LogP contribution in [0.5, 0.6) is 0 Å². The van der Waals surface area contributed by atoms with E-state index in [4.69, 9.17) is 12.3 Å². The molecule has 0 aliphatic rings. The second-order valence-corrected chi connectivity index (χ2v) is 1.01. The molecule has 0 saturated carbocycles. The first-order valence-corrected chi connectivity index (χ1v) is 1.92. The largest absolute Gasteiger partial charge is 0.321 e. The molecule has 0 radical (unpaired) electrons. The van der Waals surface area contributed by atoms with Gasteiger partial charge in [-0.15, -0.1) is 5.11 Å². The highest BCUT2D eigenvalue weighted by atomic mass is 15.2. The molecule has 0 aromatic heterocycles. The monoisotopic (exact) mass is 110 g/mol. The van der Waals surface area contributed by atoms with Crippen molar-refractivity contribution in [2.45, 2.75) is 6.92 Å². The van der Waals surface area contributed by atoms with Gasteiger partial charge in [-0.05, 0) is 6.92 Å². The van der Waals surface area contributed by atoms with Gasteiger partial charge in [0.1, 0.15) is 0 Å². The number of rotatable bonds is 0. The zero-order chi connectivity index (χ0) is 6.41. The van der Waals surface area contributed by atoms with Crippen LogP contribution in [0.3, 0.4) is 0 Å². The molecule has 2 N–H and O–H groups in total. The van der Waals surface area contributed by atoms with E-state index in [1.807, 2.05) is 6.04 Å². The van der Waals surface area contributed by atoms with E-state index < -0.39 is 0 Å². The third-order valence-corrected chi connectivity index (χ3v) is 0.439. The highest BCUT2D eigenvalue weighted by Crippen LogP contribution is 1.75. The van der Waals surface area contributed by atoms with Crippen molar-refractivity contribution in [3.63, 3.8) is 0 Å². The molecule has 0 aliphatic heterocycles. The van der Waals surface area contributed by atoms with Crippen molar-refractivity contribution in [2.75, 3.05) is 0 Å². The fraction of sp³-hybridized carbons (Fsp3) is 0.250. The van der Waals surface area contributed by atoms with Gasteiger partial charge in [-0.3, -0.25) is 0 Å². The maximum atomic E-state index is 4.78. The molecule has 0 aromatic rings. The van der Waals surface area contributed by atoms with Crippen molar-refractivity contribution < 1.29 is 0 Å². The summed E-state index contributed by atoms with van der Waals surface area (Å²) >= 11 is 0. The van der Waals surface area contributed by atoms with Crippen LogP contribution in [0.25, 0.3) is 0 Å². The van der Waals surface area contributed by atoms with Crippen LogP contribution >= 0.6 is 0 Å². The summed E-state index contributed by atoms with van der Waals surface area (Å²) in [4.78, 5) is 0. The Morgan fingerprint density at radius 1 is 1.75 bits per heavy atom. The quantitative estimate of drug-likeness (QED) is 0.120. The van der Waals surface area contributed by atoms with E-state index in [1.165, 1.54) is 0 Å². The number of hydrogen-bond acceptors (Lipinski definition) is 3. The molecule has 0 rings (SSSR count). The predicted molar refractivity (Wildman–Crippen MR) is 31.0 cm³/mol. The van der Waals surface area contributed by atoms with Gasteiger partial charge in [-0.2, -0.15) is 5.10 Å². The van der Waals surface area contributed by atoms with E-state index in [-0.39, 0.29) is 0 Å². The first-order valence-electron chi connectivity index (χ1n) is 1.92. The minimum atomic E-state index is 0.364. The van der Waals surface area contributed by atoms with E-state index in [2.05, 4.69) is 15.3 Å². The van der Waals surface area contributed by atoms with Crippen molar-refractivity contribution in [3.05, 3.63) is 0 Å². The van der Waals surface area contributed by atoms with Gasteiger partial charge in [0, 0.05) is 0 Å². The lowest BCUT2D eigenvalue weighted by atomic mass is 10.7. The summed E-state index contributed by atoms with van der Waals surface area (Å²) in [7, 11) is 0. The van der Waals surface area contributed by atoms with Crippen LogP contribution in [0, 0.1) is 12.5 Å². The maximum absolute atomic E-state index is 4.78. The maximum Gasteiger partial charge on any atom is 0.168 e. The van der Waals surface area contributed by atoms with Gasteiger partial charge >= 0.3 is 0 Å². The van der Waals surface area contributed by atoms with E-state index >= 15 is 0 Å². The van der Waals surface area contributed by atoms with E-state index in [0.29, 0.717) is 5.84 Å². The van der Waals surface area contributed by atoms with Gasteiger partial charge in [0.05, 0.1) is 6.04 Å². The van der Waals surface area contributed by atoms with Gasteiger partial charge in [-0.1, -0.05) is 11.5 Å². The molecule has 0 bridgehead atoms. The Bertz CT molecular complexity index is 150.